The van der Waals surface area contributed by atoms with Crippen molar-refractivity contribution in [2.45, 2.75) is 12.0 Å². The van der Waals surface area contributed by atoms with E-state index >= 15 is 0 Å². The van der Waals surface area contributed by atoms with E-state index in [0.29, 0.717) is 0 Å². The van der Waals surface area contributed by atoms with Gasteiger partial charge >= 0.3 is 0 Å². The van der Waals surface area contributed by atoms with Gasteiger partial charge in [-0.2, -0.15) is 0 Å². The number of likely N-dealkylation sites (N-methyl/N-ethyl adjacent to an activating group) is 2. The summed E-state index contributed by atoms with van der Waals surface area (Å²) in [4.78, 5) is 4.52. The van der Waals surface area contributed by atoms with Crippen LogP contribution in [0.3, 0.4) is 0 Å². The van der Waals surface area contributed by atoms with Crippen LogP contribution >= 0.6 is 0 Å². The highest BCUT2D eigenvalue weighted by atomic mass is 15.2. The molecule has 1 aliphatic rings. The predicted octanol–water partition coefficient (Wildman–Crippen LogP) is 5.16. The number of nitrogens with two attached hydrogens (primary N) is 2. The van der Waals surface area contributed by atoms with E-state index < -0.39 is 0 Å². The molecule has 4 nitrogen and oxygen atoms in total. The number of anilines is 4. The van der Waals surface area contributed by atoms with Gasteiger partial charge in [0.15, 0.2) is 0 Å². The molecule has 0 aromatic heterocycles. The highest BCUT2D eigenvalue weighted by Gasteiger charge is 2.35. The fourth-order valence-corrected chi connectivity index (χ4v) is 4.03. The Hall–Kier alpha value is -3.66. The molecule has 30 heavy (non-hydrogen) atoms. The van der Waals surface area contributed by atoms with Crippen LogP contribution in [0, 0.1) is 0 Å². The first kappa shape index (κ1) is 19.6. The summed E-state index contributed by atoms with van der Waals surface area (Å²) in [5, 5.41) is 0. The van der Waals surface area contributed by atoms with E-state index in [9.17, 15) is 0 Å². The number of benzene rings is 3. The van der Waals surface area contributed by atoms with Crippen molar-refractivity contribution in [3.8, 4) is 0 Å². The molecule has 4 N–H and O–H groups in total. The van der Waals surface area contributed by atoms with Crippen molar-refractivity contribution in [1.82, 2.24) is 0 Å². The Morgan fingerprint density at radius 2 is 1.30 bits per heavy atom. The van der Waals surface area contributed by atoms with Crippen molar-refractivity contribution in [1.29, 1.82) is 0 Å². The quantitative estimate of drug-likeness (QED) is 0.585. The average Bonchev–Trinajstić information content (AvgIpc) is 2.80. The minimum Gasteiger partial charge on any atom is -0.399 e. The van der Waals surface area contributed by atoms with E-state index in [1.807, 2.05) is 36.4 Å². The first-order valence-corrected chi connectivity index (χ1v) is 10.1. The first-order chi connectivity index (χ1) is 14.5. The Kier molecular flexibility index (Phi) is 5.23. The molecule has 1 atom stereocenters. The normalized spacial score (nSPS) is 18.0. The van der Waals surface area contributed by atoms with Gasteiger partial charge in [0.05, 0.1) is 5.54 Å². The Bertz CT molecular complexity index is 1050. The van der Waals surface area contributed by atoms with Crippen LogP contribution < -0.4 is 21.3 Å². The van der Waals surface area contributed by atoms with Gasteiger partial charge in [-0.15, -0.1) is 0 Å². The summed E-state index contributed by atoms with van der Waals surface area (Å²) in [5.41, 5.74) is 17.7. The molecule has 0 heterocycles. The third-order valence-corrected chi connectivity index (χ3v) is 5.97. The van der Waals surface area contributed by atoms with Crippen molar-refractivity contribution in [2.75, 3.05) is 35.4 Å². The van der Waals surface area contributed by atoms with Crippen LogP contribution in [0.2, 0.25) is 0 Å². The molecule has 3 aromatic carbocycles. The molecule has 4 heteroatoms. The van der Waals surface area contributed by atoms with Gasteiger partial charge in [0.1, 0.15) is 0 Å². The van der Waals surface area contributed by atoms with Gasteiger partial charge in [0, 0.05) is 42.5 Å². The van der Waals surface area contributed by atoms with Crippen LogP contribution in [0.4, 0.5) is 22.7 Å². The molecule has 152 valence electrons. The second-order valence-electron chi connectivity index (χ2n) is 7.76. The number of allylic oxidation sites excluding steroid dienone is 1. The average molecular weight is 397 g/mol. The fourth-order valence-electron chi connectivity index (χ4n) is 4.03. The molecule has 0 saturated carbocycles. The molecule has 4 rings (SSSR count). The maximum absolute atomic E-state index is 5.91. The Morgan fingerprint density at radius 3 is 1.83 bits per heavy atom. The third-order valence-electron chi connectivity index (χ3n) is 5.97. The summed E-state index contributed by atoms with van der Waals surface area (Å²) >= 11 is 0. The molecule has 1 aliphatic carbocycles. The van der Waals surface area contributed by atoms with Gasteiger partial charge in [-0.05, 0) is 66.6 Å². The summed E-state index contributed by atoms with van der Waals surface area (Å²) in [7, 11) is 4.23. The standard InChI is InChI=1S/C26H28N4/c1-29(23-12-8-21(27)9-13-23)24-16-18-26(19-17-24,20-6-4-3-5-7-20)30(2)25-14-10-22(28)11-15-25/h3-18H,19,27-28H2,1-2H3. The number of nitrogens with zero attached hydrogens (tertiary/aromatic N) is 2. The highest BCUT2D eigenvalue weighted by molar-refractivity contribution is 5.61. The van der Waals surface area contributed by atoms with E-state index in [2.05, 4.69) is 84.6 Å². The van der Waals surface area contributed by atoms with Crippen LogP contribution in [0.5, 0.6) is 0 Å². The maximum atomic E-state index is 5.91. The van der Waals surface area contributed by atoms with E-state index in [-0.39, 0.29) is 5.54 Å². The molecule has 0 saturated heterocycles. The third kappa shape index (κ3) is 3.64. The Balaban J connectivity index is 1.68. The summed E-state index contributed by atoms with van der Waals surface area (Å²) in [6.07, 6.45) is 7.67. The Morgan fingerprint density at radius 1 is 0.733 bits per heavy atom. The van der Waals surface area contributed by atoms with Crippen LogP contribution in [-0.2, 0) is 5.54 Å². The van der Waals surface area contributed by atoms with Crippen LogP contribution in [0.1, 0.15) is 12.0 Å². The number of nitrogen functional groups attached to an aromatic ring is 2. The van der Waals surface area contributed by atoms with Crippen molar-refractivity contribution in [3.05, 3.63) is 108 Å². The summed E-state index contributed by atoms with van der Waals surface area (Å²) in [5.74, 6) is 0. The molecule has 0 bridgehead atoms. The van der Waals surface area contributed by atoms with Gasteiger partial charge in [-0.25, -0.2) is 0 Å². The van der Waals surface area contributed by atoms with Crippen LogP contribution in [0.15, 0.2) is 103 Å². The minimum absolute atomic E-state index is 0.275. The largest absolute Gasteiger partial charge is 0.399 e. The molecule has 0 spiro atoms. The highest BCUT2D eigenvalue weighted by Crippen LogP contribution is 2.40. The van der Waals surface area contributed by atoms with Crippen molar-refractivity contribution < 1.29 is 0 Å². The molecule has 0 aliphatic heterocycles. The molecular formula is C26H28N4. The van der Waals surface area contributed by atoms with E-state index in [1.165, 1.54) is 5.56 Å². The Labute approximate surface area is 178 Å². The molecule has 1 unspecified atom stereocenters. The van der Waals surface area contributed by atoms with Crippen molar-refractivity contribution in [3.63, 3.8) is 0 Å². The van der Waals surface area contributed by atoms with Crippen molar-refractivity contribution in [2.24, 2.45) is 0 Å². The summed E-state index contributed by atoms with van der Waals surface area (Å²) < 4.78 is 0. The topological polar surface area (TPSA) is 58.5 Å². The predicted molar refractivity (Wildman–Crippen MR) is 128 cm³/mol. The molecule has 0 fully saturated rings. The smallest absolute Gasteiger partial charge is 0.0872 e. The first-order valence-electron chi connectivity index (χ1n) is 10.1. The number of rotatable bonds is 5. The summed E-state index contributed by atoms with van der Waals surface area (Å²) in [6.45, 7) is 0. The second-order valence-corrected chi connectivity index (χ2v) is 7.76. The SMILES string of the molecule is CN(C1=CCC(c2ccccc2)(N(C)c2ccc(N)cc2)C=C1)c1ccc(N)cc1. The van der Waals surface area contributed by atoms with E-state index in [0.717, 1.165) is 34.9 Å². The molecule has 0 amide bonds. The van der Waals surface area contributed by atoms with Crippen LogP contribution in [0.25, 0.3) is 0 Å². The number of hydrogen-bond acceptors (Lipinski definition) is 4. The zero-order chi connectivity index (χ0) is 21.1. The van der Waals surface area contributed by atoms with E-state index in [4.69, 9.17) is 11.5 Å². The number of hydrogen-bond donors (Lipinski definition) is 2. The minimum atomic E-state index is -0.275. The monoisotopic (exact) mass is 396 g/mol. The van der Waals surface area contributed by atoms with E-state index in [1.54, 1.807) is 0 Å². The fraction of sp³-hybridized carbons (Fsp3) is 0.154. The lowest BCUT2D eigenvalue weighted by Crippen LogP contribution is -2.43. The van der Waals surface area contributed by atoms with Gasteiger partial charge in [-0.1, -0.05) is 42.5 Å². The molecule has 0 radical (unpaired) electrons. The van der Waals surface area contributed by atoms with Gasteiger partial charge in [-0.3, -0.25) is 0 Å². The van der Waals surface area contributed by atoms with Gasteiger partial charge in [0.25, 0.3) is 0 Å². The van der Waals surface area contributed by atoms with Crippen LogP contribution in [-0.4, -0.2) is 14.1 Å². The van der Waals surface area contributed by atoms with Gasteiger partial charge in [0.2, 0.25) is 0 Å². The zero-order valence-corrected chi connectivity index (χ0v) is 17.5. The lowest BCUT2D eigenvalue weighted by Gasteiger charge is -2.43. The van der Waals surface area contributed by atoms with Gasteiger partial charge < -0.3 is 21.3 Å². The second kappa shape index (κ2) is 7.99. The van der Waals surface area contributed by atoms with Crippen molar-refractivity contribution >= 4 is 22.7 Å². The zero-order valence-electron chi connectivity index (χ0n) is 17.5. The summed E-state index contributed by atoms with van der Waals surface area (Å²) in [6, 6.07) is 26.7. The lowest BCUT2D eigenvalue weighted by atomic mass is 9.81. The maximum Gasteiger partial charge on any atom is 0.0872 e. The molecule has 3 aromatic rings. The lowest BCUT2D eigenvalue weighted by molar-refractivity contribution is 0.523. The molecular weight excluding hydrogens is 368 g/mol.